The Labute approximate surface area is 111 Å². The summed E-state index contributed by atoms with van der Waals surface area (Å²) >= 11 is 0. The third kappa shape index (κ3) is 3.21. The molecule has 6 heteroatoms. The molecule has 2 N–H and O–H groups in total. The number of nitrogens with zero attached hydrogens (tertiary/aromatic N) is 1. The lowest BCUT2D eigenvalue weighted by atomic mass is 10.2. The summed E-state index contributed by atoms with van der Waals surface area (Å²) in [7, 11) is 0. The Morgan fingerprint density at radius 3 is 3.11 bits per heavy atom. The number of morpholine rings is 1. The molecule has 0 radical (unpaired) electrons. The third-order valence-electron chi connectivity index (χ3n) is 3.13. The number of nitrogens with one attached hydrogen (secondary N) is 1. The maximum Gasteiger partial charge on any atom is 0.322 e. The molecule has 19 heavy (non-hydrogen) atoms. The van der Waals surface area contributed by atoms with E-state index in [-0.39, 0.29) is 24.5 Å². The average molecular weight is 268 g/mol. The number of hydrogen-bond acceptors (Lipinski definition) is 3. The number of anilines is 1. The van der Waals surface area contributed by atoms with E-state index in [0.29, 0.717) is 31.0 Å². The lowest BCUT2D eigenvalue weighted by Gasteiger charge is -2.34. The zero-order valence-electron chi connectivity index (χ0n) is 10.7. The van der Waals surface area contributed by atoms with Crippen molar-refractivity contribution in [2.45, 2.75) is 13.0 Å². The molecule has 1 aromatic carbocycles. The van der Waals surface area contributed by atoms with Gasteiger partial charge < -0.3 is 20.1 Å². The molecule has 1 fully saturated rings. The maximum atomic E-state index is 13.0. The Kier molecular flexibility index (Phi) is 4.34. The first-order valence-corrected chi connectivity index (χ1v) is 6.14. The van der Waals surface area contributed by atoms with Crippen LogP contribution in [-0.2, 0) is 4.74 Å². The summed E-state index contributed by atoms with van der Waals surface area (Å²) < 4.78 is 18.2. The molecule has 1 heterocycles. The molecular weight excluding hydrogens is 251 g/mol. The van der Waals surface area contributed by atoms with E-state index in [1.807, 2.05) is 0 Å². The summed E-state index contributed by atoms with van der Waals surface area (Å²) in [5.74, 6) is -0.338. The van der Waals surface area contributed by atoms with E-state index < -0.39 is 0 Å². The van der Waals surface area contributed by atoms with E-state index in [1.54, 1.807) is 6.92 Å². The predicted octanol–water partition coefficient (Wildman–Crippen LogP) is 1.36. The predicted molar refractivity (Wildman–Crippen MR) is 68.6 cm³/mol. The van der Waals surface area contributed by atoms with Gasteiger partial charge in [0.05, 0.1) is 25.9 Å². The molecule has 0 saturated carbocycles. The van der Waals surface area contributed by atoms with Crippen LogP contribution in [-0.4, -0.2) is 48.4 Å². The average Bonchev–Trinajstić information content (AvgIpc) is 2.41. The van der Waals surface area contributed by atoms with Crippen molar-refractivity contribution in [3.05, 3.63) is 29.6 Å². The summed E-state index contributed by atoms with van der Waals surface area (Å²) in [6.45, 7) is 2.79. The Morgan fingerprint density at radius 1 is 1.63 bits per heavy atom. The van der Waals surface area contributed by atoms with E-state index in [2.05, 4.69) is 5.32 Å². The van der Waals surface area contributed by atoms with Gasteiger partial charge in [-0.15, -0.1) is 0 Å². The number of urea groups is 1. The lowest BCUT2D eigenvalue weighted by molar-refractivity contribution is -0.00485. The highest BCUT2D eigenvalue weighted by Gasteiger charge is 2.26. The molecule has 0 aromatic heterocycles. The number of hydrogen-bond donors (Lipinski definition) is 2. The number of carbonyl (C=O) groups excluding carboxylic acids is 1. The highest BCUT2D eigenvalue weighted by molar-refractivity contribution is 5.90. The molecule has 2 amide bonds. The van der Waals surface area contributed by atoms with E-state index in [4.69, 9.17) is 4.74 Å². The van der Waals surface area contributed by atoms with E-state index in [1.165, 1.54) is 23.1 Å². The monoisotopic (exact) mass is 268 g/mol. The summed E-state index contributed by atoms with van der Waals surface area (Å²) in [5, 5.41) is 11.9. The third-order valence-corrected chi connectivity index (χ3v) is 3.13. The van der Waals surface area contributed by atoms with E-state index in [0.717, 1.165) is 0 Å². The number of aryl methyl sites for hydroxylation is 1. The van der Waals surface area contributed by atoms with Crippen molar-refractivity contribution in [3.8, 4) is 0 Å². The number of ether oxygens (including phenoxy) is 1. The minimum absolute atomic E-state index is 0.143. The number of benzene rings is 1. The van der Waals surface area contributed by atoms with Crippen LogP contribution in [0, 0.1) is 12.7 Å². The molecule has 1 aliphatic rings. The van der Waals surface area contributed by atoms with Gasteiger partial charge in [0.1, 0.15) is 5.82 Å². The van der Waals surface area contributed by atoms with Crippen molar-refractivity contribution in [2.75, 3.05) is 31.7 Å². The first kappa shape index (κ1) is 13.8. The number of aliphatic hydroxyl groups excluding tert-OH is 1. The summed E-state index contributed by atoms with van der Waals surface area (Å²) in [6, 6.07) is 3.53. The van der Waals surface area contributed by atoms with Crippen LogP contribution in [0.4, 0.5) is 14.9 Å². The Morgan fingerprint density at radius 2 is 2.42 bits per heavy atom. The fraction of sp³-hybridized carbons (Fsp3) is 0.462. The van der Waals surface area contributed by atoms with Gasteiger partial charge in [0, 0.05) is 12.2 Å². The first-order valence-electron chi connectivity index (χ1n) is 6.14. The van der Waals surface area contributed by atoms with Gasteiger partial charge in [-0.2, -0.15) is 0 Å². The Hall–Kier alpha value is -1.66. The molecule has 104 valence electrons. The second kappa shape index (κ2) is 5.99. The minimum Gasteiger partial charge on any atom is -0.394 e. The normalized spacial score (nSPS) is 19.3. The van der Waals surface area contributed by atoms with Crippen molar-refractivity contribution in [3.63, 3.8) is 0 Å². The zero-order chi connectivity index (χ0) is 13.8. The molecule has 0 spiro atoms. The van der Waals surface area contributed by atoms with Crippen LogP contribution in [0.1, 0.15) is 5.56 Å². The van der Waals surface area contributed by atoms with E-state index >= 15 is 0 Å². The smallest absolute Gasteiger partial charge is 0.322 e. The first-order chi connectivity index (χ1) is 9.11. The van der Waals surface area contributed by atoms with Gasteiger partial charge in [0.2, 0.25) is 0 Å². The molecule has 1 atom stereocenters. The summed E-state index contributed by atoms with van der Waals surface area (Å²) in [4.78, 5) is 13.7. The van der Waals surface area contributed by atoms with Crippen molar-refractivity contribution in [1.29, 1.82) is 0 Å². The van der Waals surface area contributed by atoms with Gasteiger partial charge >= 0.3 is 6.03 Å². The second-order valence-electron chi connectivity index (χ2n) is 4.49. The zero-order valence-corrected chi connectivity index (χ0v) is 10.7. The van der Waals surface area contributed by atoms with Crippen molar-refractivity contribution in [1.82, 2.24) is 4.90 Å². The molecule has 0 bridgehead atoms. The van der Waals surface area contributed by atoms with Crippen LogP contribution < -0.4 is 5.32 Å². The van der Waals surface area contributed by atoms with Gasteiger partial charge in [-0.05, 0) is 30.7 Å². The van der Waals surface area contributed by atoms with Crippen LogP contribution in [0.2, 0.25) is 0 Å². The molecule has 0 aliphatic carbocycles. The fourth-order valence-electron chi connectivity index (χ4n) is 2.03. The second-order valence-corrected chi connectivity index (χ2v) is 4.49. The minimum atomic E-state index is -0.338. The van der Waals surface area contributed by atoms with Gasteiger partial charge in [0.15, 0.2) is 0 Å². The standard InChI is InChI=1S/C13H17FN2O3/c1-9-6-10(14)2-3-12(9)15-13(18)16-4-5-19-8-11(16)7-17/h2-3,6,11,17H,4-5,7-8H2,1H3,(H,15,18). The summed E-state index contributed by atoms with van der Waals surface area (Å²) in [5.41, 5.74) is 1.22. The lowest BCUT2D eigenvalue weighted by Crippen LogP contribution is -2.52. The van der Waals surface area contributed by atoms with Crippen molar-refractivity contribution in [2.24, 2.45) is 0 Å². The molecule has 1 saturated heterocycles. The molecule has 2 rings (SSSR count). The Balaban J connectivity index is 2.07. The molecule has 1 aromatic rings. The Bertz CT molecular complexity index is 467. The van der Waals surface area contributed by atoms with Crippen LogP contribution >= 0.6 is 0 Å². The number of aliphatic hydroxyl groups is 1. The number of halogens is 1. The summed E-state index contributed by atoms with van der Waals surface area (Å²) in [6.07, 6.45) is 0. The van der Waals surface area contributed by atoms with Crippen LogP contribution in [0.5, 0.6) is 0 Å². The van der Waals surface area contributed by atoms with Gasteiger partial charge in [0.25, 0.3) is 0 Å². The molecular formula is C13H17FN2O3. The topological polar surface area (TPSA) is 61.8 Å². The molecule has 5 nitrogen and oxygen atoms in total. The van der Waals surface area contributed by atoms with Crippen LogP contribution in [0.3, 0.4) is 0 Å². The number of rotatable bonds is 2. The van der Waals surface area contributed by atoms with Crippen LogP contribution in [0.25, 0.3) is 0 Å². The quantitative estimate of drug-likeness (QED) is 0.851. The number of carbonyl (C=O) groups is 1. The van der Waals surface area contributed by atoms with Crippen molar-refractivity contribution < 1.29 is 19.0 Å². The van der Waals surface area contributed by atoms with Crippen molar-refractivity contribution >= 4 is 11.7 Å². The highest BCUT2D eigenvalue weighted by atomic mass is 19.1. The highest BCUT2D eigenvalue weighted by Crippen LogP contribution is 2.17. The largest absolute Gasteiger partial charge is 0.394 e. The van der Waals surface area contributed by atoms with E-state index in [9.17, 15) is 14.3 Å². The number of amides is 2. The molecule has 1 aliphatic heterocycles. The maximum absolute atomic E-state index is 13.0. The van der Waals surface area contributed by atoms with Gasteiger partial charge in [-0.1, -0.05) is 0 Å². The molecule has 1 unspecified atom stereocenters. The van der Waals surface area contributed by atoms with Gasteiger partial charge in [-0.25, -0.2) is 9.18 Å². The SMILES string of the molecule is Cc1cc(F)ccc1NC(=O)N1CCOCC1CO. The van der Waals surface area contributed by atoms with Crippen LogP contribution in [0.15, 0.2) is 18.2 Å². The fourth-order valence-corrected chi connectivity index (χ4v) is 2.03. The van der Waals surface area contributed by atoms with Gasteiger partial charge in [-0.3, -0.25) is 0 Å².